The van der Waals surface area contributed by atoms with Gasteiger partial charge in [-0.15, -0.1) is 0 Å². The average Bonchev–Trinajstić information content (AvgIpc) is 3.29. The van der Waals surface area contributed by atoms with Gasteiger partial charge in [0.1, 0.15) is 5.75 Å². The van der Waals surface area contributed by atoms with Gasteiger partial charge in [0, 0.05) is 30.0 Å². The monoisotopic (exact) mass is 502 g/mol. The first kappa shape index (κ1) is 24.2. The van der Waals surface area contributed by atoms with E-state index in [0.29, 0.717) is 24.5 Å². The van der Waals surface area contributed by atoms with Crippen molar-refractivity contribution in [2.24, 2.45) is 0 Å². The summed E-state index contributed by atoms with van der Waals surface area (Å²) in [5.74, 6) is 0.134. The molecule has 0 saturated carbocycles. The van der Waals surface area contributed by atoms with E-state index in [1.807, 2.05) is 25.1 Å². The summed E-state index contributed by atoms with van der Waals surface area (Å²) >= 11 is 0. The first-order valence-electron chi connectivity index (χ1n) is 12.2. The van der Waals surface area contributed by atoms with Gasteiger partial charge in [0.2, 0.25) is 0 Å². The molecule has 186 valence electrons. The quantitative estimate of drug-likeness (QED) is 0.440. The summed E-state index contributed by atoms with van der Waals surface area (Å²) in [5.41, 5.74) is 6.52. The molecule has 0 amide bonds. The number of hydrogen-bond donors (Lipinski definition) is 2. The second kappa shape index (κ2) is 10.2. The maximum absolute atomic E-state index is 13.0. The highest BCUT2D eigenvalue weighted by Crippen LogP contribution is 2.44. The number of hydrogen-bond acceptors (Lipinski definition) is 5. The third kappa shape index (κ3) is 5.17. The summed E-state index contributed by atoms with van der Waals surface area (Å²) in [5, 5.41) is 10.9. The number of ether oxygens (including phenoxy) is 1. The fraction of sp³-hybridized carbons (Fsp3) is 0.241. The lowest BCUT2D eigenvalue weighted by Crippen LogP contribution is -2.36. The van der Waals surface area contributed by atoms with Gasteiger partial charge in [-0.05, 0) is 72.9 Å². The Morgan fingerprint density at radius 1 is 0.944 bits per heavy atom. The van der Waals surface area contributed by atoms with E-state index < -0.39 is 10.0 Å². The summed E-state index contributed by atoms with van der Waals surface area (Å²) in [7, 11) is -3.75. The second-order valence-electron chi connectivity index (χ2n) is 9.16. The predicted octanol–water partition coefficient (Wildman–Crippen LogP) is 5.42. The molecule has 0 unspecified atom stereocenters. The number of allylic oxidation sites excluding steroid dienone is 2. The number of rotatable bonds is 6. The largest absolute Gasteiger partial charge is 0.507 e. The van der Waals surface area contributed by atoms with Crippen molar-refractivity contribution in [2.75, 3.05) is 31.0 Å². The van der Waals surface area contributed by atoms with E-state index in [1.165, 1.54) is 5.57 Å². The van der Waals surface area contributed by atoms with Crippen LogP contribution in [0.5, 0.6) is 5.75 Å². The third-order valence-electron chi connectivity index (χ3n) is 6.61. The van der Waals surface area contributed by atoms with Crippen LogP contribution >= 0.6 is 0 Å². The van der Waals surface area contributed by atoms with E-state index in [4.69, 9.17) is 4.74 Å². The van der Waals surface area contributed by atoms with Crippen molar-refractivity contribution in [1.29, 1.82) is 0 Å². The van der Waals surface area contributed by atoms with Crippen LogP contribution in [0.4, 0.5) is 5.69 Å². The van der Waals surface area contributed by atoms with E-state index in [-0.39, 0.29) is 10.6 Å². The van der Waals surface area contributed by atoms with Gasteiger partial charge in [0.25, 0.3) is 10.0 Å². The molecule has 3 aromatic rings. The molecule has 0 radical (unpaired) electrons. The van der Waals surface area contributed by atoms with Gasteiger partial charge < -0.3 is 14.7 Å². The molecule has 36 heavy (non-hydrogen) atoms. The maximum atomic E-state index is 13.0. The van der Waals surface area contributed by atoms with E-state index in [9.17, 15) is 13.5 Å². The SMILES string of the molecule is Cc1ccc(S(=O)(=O)Nc2ccc(O)c(C3=C(N4CCOCC4)C(=Cc4ccccc4)CC3)c2)cc1. The number of sulfonamides is 1. The van der Waals surface area contributed by atoms with Gasteiger partial charge in [0.05, 0.1) is 18.1 Å². The Morgan fingerprint density at radius 3 is 2.39 bits per heavy atom. The van der Waals surface area contributed by atoms with Crippen molar-refractivity contribution < 1.29 is 18.3 Å². The van der Waals surface area contributed by atoms with Crippen molar-refractivity contribution in [3.05, 3.63) is 101 Å². The number of phenolic OH excluding ortho intramolecular Hbond substituents is 1. The van der Waals surface area contributed by atoms with E-state index in [0.717, 1.165) is 48.3 Å². The standard InChI is InChI=1S/C29H30N2O4S/c1-21-7-11-25(12-8-21)36(33,34)30-24-10-14-28(32)27(20-24)26-13-9-23(19-22-5-3-2-4-6-22)29(26)31-15-17-35-18-16-31/h2-8,10-12,14,19-20,30,32H,9,13,15-18H2,1H3. The van der Waals surface area contributed by atoms with Gasteiger partial charge >= 0.3 is 0 Å². The first-order chi connectivity index (χ1) is 17.4. The number of nitrogens with zero attached hydrogens (tertiary/aromatic N) is 1. The van der Waals surface area contributed by atoms with Crippen LogP contribution in [0.3, 0.4) is 0 Å². The van der Waals surface area contributed by atoms with Crippen LogP contribution in [-0.4, -0.2) is 44.7 Å². The molecule has 1 saturated heterocycles. The zero-order valence-corrected chi connectivity index (χ0v) is 21.1. The fourth-order valence-corrected chi connectivity index (χ4v) is 5.85. The fourth-order valence-electron chi connectivity index (χ4n) is 4.80. The van der Waals surface area contributed by atoms with Crippen LogP contribution in [0, 0.1) is 6.92 Å². The zero-order chi connectivity index (χ0) is 25.1. The molecule has 2 aliphatic rings. The molecule has 6 nitrogen and oxygen atoms in total. The molecule has 0 atom stereocenters. The second-order valence-corrected chi connectivity index (χ2v) is 10.8. The van der Waals surface area contributed by atoms with Crippen molar-refractivity contribution in [3.8, 4) is 5.75 Å². The molecular weight excluding hydrogens is 472 g/mol. The molecule has 0 bridgehead atoms. The van der Waals surface area contributed by atoms with Gasteiger partial charge in [0.15, 0.2) is 0 Å². The highest BCUT2D eigenvalue weighted by molar-refractivity contribution is 7.92. The molecule has 1 fully saturated rings. The van der Waals surface area contributed by atoms with Gasteiger partial charge in [-0.2, -0.15) is 0 Å². The topological polar surface area (TPSA) is 78.9 Å². The van der Waals surface area contributed by atoms with Crippen molar-refractivity contribution in [2.45, 2.75) is 24.7 Å². The van der Waals surface area contributed by atoms with E-state index in [1.54, 1.807) is 42.5 Å². The number of benzene rings is 3. The normalized spacial score (nSPS) is 17.6. The molecular formula is C29H30N2O4S. The van der Waals surface area contributed by atoms with Crippen LogP contribution < -0.4 is 4.72 Å². The summed E-state index contributed by atoms with van der Waals surface area (Å²) in [4.78, 5) is 2.52. The summed E-state index contributed by atoms with van der Waals surface area (Å²) in [6, 6.07) is 21.8. The van der Waals surface area contributed by atoms with Crippen LogP contribution in [0.25, 0.3) is 11.6 Å². The Balaban J connectivity index is 1.54. The Labute approximate surface area is 212 Å². The summed E-state index contributed by atoms with van der Waals surface area (Å²) < 4.78 is 34.2. The molecule has 3 aromatic carbocycles. The Bertz CT molecular complexity index is 1410. The minimum atomic E-state index is -3.75. The number of phenols is 1. The van der Waals surface area contributed by atoms with Gasteiger partial charge in [-0.25, -0.2) is 8.42 Å². The number of aromatic hydroxyl groups is 1. The Hall–Kier alpha value is -3.55. The van der Waals surface area contributed by atoms with Crippen LogP contribution in [0.15, 0.2) is 89.0 Å². The Kier molecular flexibility index (Phi) is 6.85. The van der Waals surface area contributed by atoms with Crippen molar-refractivity contribution >= 4 is 27.4 Å². The van der Waals surface area contributed by atoms with E-state index in [2.05, 4.69) is 27.8 Å². The van der Waals surface area contributed by atoms with Crippen molar-refractivity contribution in [3.63, 3.8) is 0 Å². The smallest absolute Gasteiger partial charge is 0.261 e. The predicted molar refractivity (Wildman–Crippen MR) is 143 cm³/mol. The number of morpholine rings is 1. The molecule has 1 aliphatic carbocycles. The molecule has 5 rings (SSSR count). The highest BCUT2D eigenvalue weighted by Gasteiger charge is 2.28. The number of anilines is 1. The van der Waals surface area contributed by atoms with Crippen LogP contribution in [-0.2, 0) is 14.8 Å². The highest BCUT2D eigenvalue weighted by atomic mass is 32.2. The molecule has 1 heterocycles. The number of nitrogens with one attached hydrogen (secondary N) is 1. The minimum absolute atomic E-state index is 0.134. The third-order valence-corrected chi connectivity index (χ3v) is 8.00. The lowest BCUT2D eigenvalue weighted by atomic mass is 10.0. The minimum Gasteiger partial charge on any atom is -0.507 e. The molecule has 0 aromatic heterocycles. The first-order valence-corrected chi connectivity index (χ1v) is 13.6. The molecule has 1 aliphatic heterocycles. The average molecular weight is 503 g/mol. The van der Waals surface area contributed by atoms with Crippen molar-refractivity contribution in [1.82, 2.24) is 4.90 Å². The summed E-state index contributed by atoms with van der Waals surface area (Å²) in [6.45, 7) is 4.75. The lowest BCUT2D eigenvalue weighted by molar-refractivity contribution is 0.0553. The zero-order valence-electron chi connectivity index (χ0n) is 20.3. The van der Waals surface area contributed by atoms with Crippen LogP contribution in [0.1, 0.15) is 29.5 Å². The van der Waals surface area contributed by atoms with Crippen LogP contribution in [0.2, 0.25) is 0 Å². The molecule has 2 N–H and O–H groups in total. The lowest BCUT2D eigenvalue weighted by Gasteiger charge is -2.32. The molecule has 7 heteroatoms. The van der Waals surface area contributed by atoms with Gasteiger partial charge in [-0.3, -0.25) is 4.72 Å². The summed E-state index contributed by atoms with van der Waals surface area (Å²) in [6.07, 6.45) is 3.81. The maximum Gasteiger partial charge on any atom is 0.261 e. The Morgan fingerprint density at radius 2 is 1.67 bits per heavy atom. The van der Waals surface area contributed by atoms with Gasteiger partial charge in [-0.1, -0.05) is 48.0 Å². The van der Waals surface area contributed by atoms with E-state index >= 15 is 0 Å². The molecule has 0 spiro atoms. The number of aryl methyl sites for hydroxylation is 1.